The summed E-state index contributed by atoms with van der Waals surface area (Å²) >= 11 is 1.69. The van der Waals surface area contributed by atoms with Gasteiger partial charge in [-0.1, -0.05) is 0 Å². The third kappa shape index (κ3) is 4.50. The van der Waals surface area contributed by atoms with Gasteiger partial charge in [0.15, 0.2) is 0 Å². The monoisotopic (exact) mass is 325 g/mol. The quantitative estimate of drug-likeness (QED) is 0.860. The number of aliphatic hydroxyl groups is 1. The van der Waals surface area contributed by atoms with Crippen molar-refractivity contribution in [2.75, 3.05) is 18.2 Å². The van der Waals surface area contributed by atoms with E-state index < -0.39 is 12.1 Å². The molecule has 1 amide bonds. The number of carbonyl (C=O) groups excluding carboxylic acids is 1. The number of pyridine rings is 1. The molecule has 0 saturated carbocycles. The van der Waals surface area contributed by atoms with Gasteiger partial charge in [0.1, 0.15) is 12.1 Å². The number of nitrogens with two attached hydrogens (primary N) is 1. The van der Waals surface area contributed by atoms with E-state index in [1.165, 1.54) is 0 Å². The first-order valence-corrected chi connectivity index (χ1v) is 6.55. The molecule has 5 nitrogen and oxygen atoms in total. The van der Waals surface area contributed by atoms with E-state index in [1.54, 1.807) is 41.2 Å². The van der Waals surface area contributed by atoms with Crippen molar-refractivity contribution in [3.63, 3.8) is 0 Å². The van der Waals surface area contributed by atoms with Crippen LogP contribution in [0.3, 0.4) is 0 Å². The fourth-order valence-corrected chi connectivity index (χ4v) is 2.66. The maximum absolute atomic E-state index is 12.0. The number of hydrogen-bond acceptors (Lipinski definition) is 5. The molecular weight excluding hydrogens is 309 g/mol. The molecule has 0 bridgehead atoms. The smallest absolute Gasteiger partial charge is 0.243 e. The molecule has 0 aliphatic carbocycles. The van der Waals surface area contributed by atoms with Gasteiger partial charge in [-0.15, -0.1) is 36.6 Å². The Morgan fingerprint density at radius 2 is 2.05 bits per heavy atom. The Balaban J connectivity index is 0.00000162. The summed E-state index contributed by atoms with van der Waals surface area (Å²) in [5.74, 6) is 1.40. The van der Waals surface area contributed by atoms with Crippen LogP contribution < -0.4 is 5.73 Å². The van der Waals surface area contributed by atoms with E-state index in [0.29, 0.717) is 18.0 Å². The second kappa shape index (κ2) is 8.60. The molecule has 8 heteroatoms. The van der Waals surface area contributed by atoms with Gasteiger partial charge in [-0.05, 0) is 17.7 Å². The van der Waals surface area contributed by atoms with Gasteiger partial charge in [0.2, 0.25) is 5.91 Å². The Morgan fingerprint density at radius 3 is 2.58 bits per heavy atom. The van der Waals surface area contributed by atoms with E-state index in [2.05, 4.69) is 4.98 Å². The molecule has 1 aromatic heterocycles. The van der Waals surface area contributed by atoms with Gasteiger partial charge in [-0.2, -0.15) is 0 Å². The number of aromatic nitrogens is 1. The summed E-state index contributed by atoms with van der Waals surface area (Å²) in [6, 6.07) is 2.42. The van der Waals surface area contributed by atoms with E-state index >= 15 is 0 Å². The lowest BCUT2D eigenvalue weighted by Gasteiger charge is -2.23. The first-order valence-electron chi connectivity index (χ1n) is 5.40. The molecule has 2 unspecified atom stereocenters. The Morgan fingerprint density at radius 1 is 1.42 bits per heavy atom. The molecule has 0 spiro atoms. The Kier molecular flexibility index (Phi) is 8.36. The van der Waals surface area contributed by atoms with Gasteiger partial charge >= 0.3 is 0 Å². The van der Waals surface area contributed by atoms with Crippen molar-refractivity contribution >= 4 is 42.5 Å². The molecule has 19 heavy (non-hydrogen) atoms. The highest BCUT2D eigenvalue weighted by atomic mass is 35.5. The van der Waals surface area contributed by atoms with Crippen LogP contribution in [-0.4, -0.2) is 45.1 Å². The number of amides is 1. The zero-order valence-corrected chi connectivity index (χ0v) is 12.6. The number of aliphatic hydroxyl groups excluding tert-OH is 1. The zero-order chi connectivity index (χ0) is 12.3. The molecule has 0 radical (unpaired) electrons. The van der Waals surface area contributed by atoms with E-state index in [1.807, 2.05) is 0 Å². The third-order valence-corrected chi connectivity index (χ3v) is 3.70. The van der Waals surface area contributed by atoms with Gasteiger partial charge in [0.25, 0.3) is 0 Å². The summed E-state index contributed by atoms with van der Waals surface area (Å²) in [5, 5.41) is 10.0. The summed E-state index contributed by atoms with van der Waals surface area (Å²) in [5.41, 5.74) is 6.42. The standard InChI is InChI=1S/C11H15N3O2S.2ClH/c12-9(11(16)14-5-6-17-7-14)10(15)8-1-3-13-4-2-8;;/h1-4,9-10,15H,5-7,12H2;2*1H. The van der Waals surface area contributed by atoms with Crippen molar-refractivity contribution in [2.24, 2.45) is 5.73 Å². The predicted molar refractivity (Wildman–Crippen MR) is 80.7 cm³/mol. The van der Waals surface area contributed by atoms with Gasteiger partial charge in [-0.25, -0.2) is 0 Å². The van der Waals surface area contributed by atoms with Crippen molar-refractivity contribution in [1.82, 2.24) is 9.88 Å². The molecule has 2 rings (SSSR count). The number of halogens is 2. The average Bonchev–Trinajstić information content (AvgIpc) is 2.91. The lowest BCUT2D eigenvalue weighted by molar-refractivity contribution is -0.133. The van der Waals surface area contributed by atoms with Gasteiger partial charge < -0.3 is 15.7 Å². The number of nitrogens with zero attached hydrogens (tertiary/aromatic N) is 2. The van der Waals surface area contributed by atoms with Crippen LogP contribution in [0.5, 0.6) is 0 Å². The van der Waals surface area contributed by atoms with Crippen molar-refractivity contribution < 1.29 is 9.90 Å². The molecule has 108 valence electrons. The molecule has 1 aliphatic heterocycles. The lowest BCUT2D eigenvalue weighted by Crippen LogP contribution is -2.45. The molecule has 1 saturated heterocycles. The van der Waals surface area contributed by atoms with Gasteiger partial charge in [0, 0.05) is 24.7 Å². The first kappa shape index (κ1) is 18.5. The van der Waals surface area contributed by atoms with Crippen LogP contribution in [0.2, 0.25) is 0 Å². The zero-order valence-electron chi connectivity index (χ0n) is 10.1. The summed E-state index contributed by atoms with van der Waals surface area (Å²) in [4.78, 5) is 17.5. The number of carbonyl (C=O) groups is 1. The highest BCUT2D eigenvalue weighted by molar-refractivity contribution is 7.99. The van der Waals surface area contributed by atoms with Crippen LogP contribution in [0.1, 0.15) is 11.7 Å². The Labute approximate surface area is 128 Å². The highest BCUT2D eigenvalue weighted by Crippen LogP contribution is 2.19. The minimum atomic E-state index is -0.976. The molecule has 3 N–H and O–H groups in total. The summed E-state index contributed by atoms with van der Waals surface area (Å²) in [7, 11) is 0. The summed E-state index contributed by atoms with van der Waals surface area (Å²) in [6.45, 7) is 0.709. The Hall–Kier alpha value is -0.530. The van der Waals surface area contributed by atoms with E-state index in [-0.39, 0.29) is 30.7 Å². The second-order valence-corrected chi connectivity index (χ2v) is 4.96. The maximum Gasteiger partial charge on any atom is 0.243 e. The number of rotatable bonds is 3. The maximum atomic E-state index is 12.0. The topological polar surface area (TPSA) is 79.5 Å². The van der Waals surface area contributed by atoms with Crippen LogP contribution in [0.15, 0.2) is 24.5 Å². The van der Waals surface area contributed by atoms with Crippen LogP contribution in [-0.2, 0) is 4.79 Å². The number of hydrogen-bond donors (Lipinski definition) is 2. The summed E-state index contributed by atoms with van der Waals surface area (Å²) in [6.07, 6.45) is 2.17. The molecular formula is C11H17Cl2N3O2S. The van der Waals surface area contributed by atoms with Gasteiger partial charge in [-0.3, -0.25) is 9.78 Å². The molecule has 1 aromatic rings. The van der Waals surface area contributed by atoms with E-state index in [4.69, 9.17) is 5.73 Å². The molecule has 0 aromatic carbocycles. The van der Waals surface area contributed by atoms with Crippen LogP contribution >= 0.6 is 36.6 Å². The highest BCUT2D eigenvalue weighted by Gasteiger charge is 2.29. The third-order valence-electron chi connectivity index (χ3n) is 2.74. The average molecular weight is 326 g/mol. The largest absolute Gasteiger partial charge is 0.386 e. The minimum Gasteiger partial charge on any atom is -0.386 e. The SMILES string of the molecule is Cl.Cl.NC(C(=O)N1CCSC1)C(O)c1ccncc1. The summed E-state index contributed by atoms with van der Waals surface area (Å²) < 4.78 is 0. The van der Waals surface area contributed by atoms with Crippen LogP contribution in [0.4, 0.5) is 0 Å². The molecule has 1 fully saturated rings. The van der Waals surface area contributed by atoms with Crippen molar-refractivity contribution in [1.29, 1.82) is 0 Å². The van der Waals surface area contributed by atoms with E-state index in [9.17, 15) is 9.90 Å². The lowest BCUT2D eigenvalue weighted by atomic mass is 10.0. The molecule has 1 aliphatic rings. The normalized spacial score (nSPS) is 17.1. The fraction of sp³-hybridized carbons (Fsp3) is 0.455. The predicted octanol–water partition coefficient (Wildman–Crippen LogP) is 0.819. The Bertz CT molecular complexity index is 391. The number of thioether (sulfide) groups is 1. The first-order chi connectivity index (χ1) is 8.20. The van der Waals surface area contributed by atoms with Crippen LogP contribution in [0, 0.1) is 0 Å². The van der Waals surface area contributed by atoms with Crippen LogP contribution in [0.25, 0.3) is 0 Å². The van der Waals surface area contributed by atoms with Crippen molar-refractivity contribution in [3.05, 3.63) is 30.1 Å². The minimum absolute atomic E-state index is 0. The second-order valence-electron chi connectivity index (χ2n) is 3.89. The van der Waals surface area contributed by atoms with E-state index in [0.717, 1.165) is 5.75 Å². The molecule has 2 heterocycles. The fourth-order valence-electron chi connectivity index (χ4n) is 1.70. The molecule has 2 atom stereocenters. The van der Waals surface area contributed by atoms with Crippen molar-refractivity contribution in [3.8, 4) is 0 Å². The van der Waals surface area contributed by atoms with Crippen molar-refractivity contribution in [2.45, 2.75) is 12.1 Å². The van der Waals surface area contributed by atoms with Gasteiger partial charge in [0.05, 0.1) is 5.88 Å².